The summed E-state index contributed by atoms with van der Waals surface area (Å²) in [4.78, 5) is 25.7. The maximum atomic E-state index is 13.6. The maximum absolute atomic E-state index is 13.6. The highest BCUT2D eigenvalue weighted by atomic mass is 19.1. The van der Waals surface area contributed by atoms with Crippen LogP contribution >= 0.6 is 0 Å². The van der Waals surface area contributed by atoms with Crippen molar-refractivity contribution in [1.29, 1.82) is 0 Å². The van der Waals surface area contributed by atoms with Crippen LogP contribution in [0, 0.1) is 26.6 Å². The van der Waals surface area contributed by atoms with Gasteiger partial charge in [-0.1, -0.05) is 35.9 Å². The number of rotatable bonds is 5. The van der Waals surface area contributed by atoms with E-state index in [9.17, 15) is 14.0 Å². The molecule has 0 heterocycles. The third kappa shape index (κ3) is 5.02. The van der Waals surface area contributed by atoms with Gasteiger partial charge in [0.1, 0.15) is 5.82 Å². The fourth-order valence-electron chi connectivity index (χ4n) is 2.75. The van der Waals surface area contributed by atoms with E-state index in [1.807, 2.05) is 32.9 Å². The van der Waals surface area contributed by atoms with Gasteiger partial charge < -0.3 is 10.2 Å². The average Bonchev–Trinajstić information content (AvgIpc) is 2.57. The summed E-state index contributed by atoms with van der Waals surface area (Å²) in [5, 5.41) is 2.86. The van der Waals surface area contributed by atoms with Crippen molar-refractivity contribution in [3.05, 3.63) is 70.5 Å². The van der Waals surface area contributed by atoms with Gasteiger partial charge in [0, 0.05) is 24.4 Å². The molecule has 0 atom stereocenters. The number of aryl methyl sites for hydroxylation is 3. The minimum atomic E-state index is -0.401. The molecule has 5 heteroatoms. The van der Waals surface area contributed by atoms with Gasteiger partial charge in [-0.25, -0.2) is 4.39 Å². The second kappa shape index (κ2) is 8.43. The summed E-state index contributed by atoms with van der Waals surface area (Å²) in [6.07, 6.45) is 2.66. The van der Waals surface area contributed by atoms with Crippen molar-refractivity contribution in [3.8, 4) is 0 Å². The van der Waals surface area contributed by atoms with Gasteiger partial charge in [-0.2, -0.15) is 0 Å². The van der Waals surface area contributed by atoms with Gasteiger partial charge in [-0.05, 0) is 44.0 Å². The Morgan fingerprint density at radius 2 is 1.73 bits per heavy atom. The zero-order chi connectivity index (χ0) is 19.3. The van der Waals surface area contributed by atoms with Crippen molar-refractivity contribution in [3.63, 3.8) is 0 Å². The predicted molar refractivity (Wildman–Crippen MR) is 102 cm³/mol. The summed E-state index contributed by atoms with van der Waals surface area (Å²) >= 11 is 0. The molecule has 0 fully saturated rings. The van der Waals surface area contributed by atoms with Crippen LogP contribution in [0.3, 0.4) is 0 Å². The molecule has 0 unspecified atom stereocenters. The van der Waals surface area contributed by atoms with Crippen molar-refractivity contribution in [2.45, 2.75) is 20.8 Å². The number of nitrogens with zero attached hydrogens (tertiary/aromatic N) is 1. The lowest BCUT2D eigenvalue weighted by molar-refractivity contribution is -0.129. The molecular formula is C21H23FN2O2. The first-order chi connectivity index (χ1) is 12.3. The second-order valence-electron chi connectivity index (χ2n) is 6.37. The quantitative estimate of drug-likeness (QED) is 0.829. The standard InChI is InChI=1S/C21H23FN2O2/c1-14-11-15(2)21(16(3)12-14)23-19(25)13-24(4)20(26)10-9-17-7-5-6-8-18(17)22/h5-12H,13H2,1-4H3,(H,23,25)/b10-9+. The van der Waals surface area contributed by atoms with E-state index in [-0.39, 0.29) is 18.4 Å². The number of likely N-dealkylation sites (N-methyl/N-ethyl adjacent to an activating group) is 1. The first kappa shape index (κ1) is 19.4. The van der Waals surface area contributed by atoms with Gasteiger partial charge in [0.2, 0.25) is 11.8 Å². The lowest BCUT2D eigenvalue weighted by Crippen LogP contribution is -2.34. The molecule has 0 aliphatic heterocycles. The van der Waals surface area contributed by atoms with E-state index in [1.165, 1.54) is 30.2 Å². The second-order valence-corrected chi connectivity index (χ2v) is 6.37. The van der Waals surface area contributed by atoms with Gasteiger partial charge in [0.05, 0.1) is 6.54 Å². The zero-order valence-electron chi connectivity index (χ0n) is 15.5. The molecule has 0 saturated heterocycles. The molecule has 1 N–H and O–H groups in total. The van der Waals surface area contributed by atoms with Crippen LogP contribution < -0.4 is 5.32 Å². The molecule has 0 saturated carbocycles. The smallest absolute Gasteiger partial charge is 0.246 e. The molecule has 2 aromatic rings. The van der Waals surface area contributed by atoms with Crippen molar-refractivity contribution in [2.24, 2.45) is 0 Å². The number of halogens is 1. The number of nitrogens with one attached hydrogen (secondary N) is 1. The Labute approximate surface area is 153 Å². The molecule has 0 spiro atoms. The number of anilines is 1. The molecule has 4 nitrogen and oxygen atoms in total. The van der Waals surface area contributed by atoms with Crippen LogP contribution in [0.5, 0.6) is 0 Å². The van der Waals surface area contributed by atoms with Crippen LogP contribution in [0.1, 0.15) is 22.3 Å². The molecule has 0 bridgehead atoms. The van der Waals surface area contributed by atoms with E-state index < -0.39 is 5.82 Å². The zero-order valence-corrected chi connectivity index (χ0v) is 15.5. The minimum absolute atomic E-state index is 0.0901. The summed E-state index contributed by atoms with van der Waals surface area (Å²) in [5.41, 5.74) is 4.17. The van der Waals surface area contributed by atoms with E-state index in [1.54, 1.807) is 18.2 Å². The molecule has 0 aliphatic carbocycles. The van der Waals surface area contributed by atoms with Crippen molar-refractivity contribution in [1.82, 2.24) is 4.90 Å². The Morgan fingerprint density at radius 1 is 1.12 bits per heavy atom. The Bertz CT molecular complexity index is 836. The fourth-order valence-corrected chi connectivity index (χ4v) is 2.75. The average molecular weight is 354 g/mol. The van der Waals surface area contributed by atoms with Crippen molar-refractivity contribution in [2.75, 3.05) is 18.9 Å². The Morgan fingerprint density at radius 3 is 2.35 bits per heavy atom. The van der Waals surface area contributed by atoms with Crippen LogP contribution in [-0.4, -0.2) is 30.3 Å². The van der Waals surface area contributed by atoms with Gasteiger partial charge in [-0.3, -0.25) is 9.59 Å². The lowest BCUT2D eigenvalue weighted by atomic mass is 10.1. The van der Waals surface area contributed by atoms with Crippen LogP contribution in [0.4, 0.5) is 10.1 Å². The van der Waals surface area contributed by atoms with E-state index >= 15 is 0 Å². The third-order valence-corrected chi connectivity index (χ3v) is 4.01. The Kier molecular flexibility index (Phi) is 6.28. The van der Waals surface area contributed by atoms with E-state index in [2.05, 4.69) is 5.32 Å². The van der Waals surface area contributed by atoms with Crippen molar-refractivity contribution >= 4 is 23.6 Å². The SMILES string of the molecule is Cc1cc(C)c(NC(=O)CN(C)C(=O)/C=C/c2ccccc2F)c(C)c1. The molecule has 2 aromatic carbocycles. The lowest BCUT2D eigenvalue weighted by Gasteiger charge is -2.17. The normalized spacial score (nSPS) is 10.8. The summed E-state index contributed by atoms with van der Waals surface area (Å²) in [6.45, 7) is 5.77. The third-order valence-electron chi connectivity index (χ3n) is 4.01. The van der Waals surface area contributed by atoms with E-state index in [4.69, 9.17) is 0 Å². The number of hydrogen-bond acceptors (Lipinski definition) is 2. The number of carbonyl (C=O) groups excluding carboxylic acids is 2. The van der Waals surface area contributed by atoms with Gasteiger partial charge in [-0.15, -0.1) is 0 Å². The van der Waals surface area contributed by atoms with Gasteiger partial charge in [0.25, 0.3) is 0 Å². The molecular weight excluding hydrogens is 331 g/mol. The van der Waals surface area contributed by atoms with Crippen LogP contribution in [0.2, 0.25) is 0 Å². The van der Waals surface area contributed by atoms with Crippen molar-refractivity contribution < 1.29 is 14.0 Å². The first-order valence-corrected chi connectivity index (χ1v) is 8.33. The molecule has 136 valence electrons. The summed E-state index contributed by atoms with van der Waals surface area (Å²) in [6, 6.07) is 10.2. The predicted octanol–water partition coefficient (Wildman–Crippen LogP) is 3.86. The van der Waals surface area contributed by atoms with E-state index in [0.717, 1.165) is 22.4 Å². The van der Waals surface area contributed by atoms with Crippen LogP contribution in [-0.2, 0) is 9.59 Å². The van der Waals surface area contributed by atoms with E-state index in [0.29, 0.717) is 5.56 Å². The summed E-state index contributed by atoms with van der Waals surface area (Å²) in [7, 11) is 1.53. The highest BCUT2D eigenvalue weighted by Gasteiger charge is 2.13. The van der Waals surface area contributed by atoms with Crippen LogP contribution in [0.25, 0.3) is 6.08 Å². The van der Waals surface area contributed by atoms with Gasteiger partial charge in [0.15, 0.2) is 0 Å². The number of carbonyl (C=O) groups is 2. The largest absolute Gasteiger partial charge is 0.333 e. The topological polar surface area (TPSA) is 49.4 Å². The number of benzene rings is 2. The highest BCUT2D eigenvalue weighted by Crippen LogP contribution is 2.21. The Balaban J connectivity index is 1.98. The molecule has 0 radical (unpaired) electrons. The maximum Gasteiger partial charge on any atom is 0.246 e. The van der Waals surface area contributed by atoms with Crippen LogP contribution in [0.15, 0.2) is 42.5 Å². The summed E-state index contributed by atoms with van der Waals surface area (Å²) in [5.74, 6) is -1.06. The minimum Gasteiger partial charge on any atom is -0.333 e. The Hall–Kier alpha value is -2.95. The molecule has 2 rings (SSSR count). The fraction of sp³-hybridized carbons (Fsp3) is 0.238. The first-order valence-electron chi connectivity index (χ1n) is 8.33. The molecule has 0 aliphatic rings. The molecule has 2 amide bonds. The molecule has 0 aromatic heterocycles. The highest BCUT2D eigenvalue weighted by molar-refractivity contribution is 5.98. The summed E-state index contributed by atoms with van der Waals surface area (Å²) < 4.78 is 13.6. The molecule has 26 heavy (non-hydrogen) atoms. The number of hydrogen-bond donors (Lipinski definition) is 1. The monoisotopic (exact) mass is 354 g/mol. The van der Waals surface area contributed by atoms with Gasteiger partial charge >= 0.3 is 0 Å². The number of amides is 2.